The number of aromatic nitrogens is 2. The molecule has 0 atom stereocenters. The SMILES string of the molecule is CC(C)NC(=O)c1nc(C(=O)Nc2cccc(Cl)c2Cl)n2c1CCCC2. The summed E-state index contributed by atoms with van der Waals surface area (Å²) in [6.45, 7) is 4.42. The van der Waals surface area contributed by atoms with E-state index in [4.69, 9.17) is 23.2 Å². The molecule has 6 nitrogen and oxygen atoms in total. The normalized spacial score (nSPS) is 13.4. The first-order valence-electron chi connectivity index (χ1n) is 8.54. The smallest absolute Gasteiger partial charge is 0.291 e. The Morgan fingerprint density at radius 2 is 1.96 bits per heavy atom. The van der Waals surface area contributed by atoms with Crippen molar-refractivity contribution in [2.24, 2.45) is 0 Å². The van der Waals surface area contributed by atoms with E-state index in [0.717, 1.165) is 25.0 Å². The fourth-order valence-electron chi connectivity index (χ4n) is 3.01. The first-order valence-corrected chi connectivity index (χ1v) is 9.29. The average molecular weight is 395 g/mol. The predicted octanol–water partition coefficient (Wildman–Crippen LogP) is 3.92. The summed E-state index contributed by atoms with van der Waals surface area (Å²) < 4.78 is 1.83. The summed E-state index contributed by atoms with van der Waals surface area (Å²) in [6, 6.07) is 5.00. The maximum atomic E-state index is 12.8. The summed E-state index contributed by atoms with van der Waals surface area (Å²) in [6.07, 6.45) is 2.63. The highest BCUT2D eigenvalue weighted by Gasteiger charge is 2.28. The number of nitrogens with one attached hydrogen (secondary N) is 2. The van der Waals surface area contributed by atoms with Gasteiger partial charge in [0.2, 0.25) is 0 Å². The molecule has 0 spiro atoms. The Balaban J connectivity index is 1.94. The molecule has 2 N–H and O–H groups in total. The molecule has 2 aromatic rings. The van der Waals surface area contributed by atoms with Gasteiger partial charge in [0.25, 0.3) is 11.8 Å². The van der Waals surface area contributed by atoms with Gasteiger partial charge < -0.3 is 15.2 Å². The summed E-state index contributed by atoms with van der Waals surface area (Å²) in [7, 11) is 0. The summed E-state index contributed by atoms with van der Waals surface area (Å²) in [4.78, 5) is 29.6. The van der Waals surface area contributed by atoms with E-state index >= 15 is 0 Å². The van der Waals surface area contributed by atoms with Crippen LogP contribution in [0.25, 0.3) is 0 Å². The van der Waals surface area contributed by atoms with E-state index in [-0.39, 0.29) is 22.8 Å². The molecule has 1 aliphatic heterocycles. The summed E-state index contributed by atoms with van der Waals surface area (Å²) in [5.41, 5.74) is 1.53. The van der Waals surface area contributed by atoms with Gasteiger partial charge in [-0.05, 0) is 45.2 Å². The number of hydrogen-bond acceptors (Lipinski definition) is 3. The van der Waals surface area contributed by atoms with Crippen LogP contribution >= 0.6 is 23.2 Å². The molecule has 3 rings (SSSR count). The lowest BCUT2D eigenvalue weighted by Crippen LogP contribution is -2.31. The third-order valence-electron chi connectivity index (χ3n) is 4.16. The minimum absolute atomic E-state index is 0.00835. The van der Waals surface area contributed by atoms with E-state index in [1.165, 1.54) is 0 Å². The first kappa shape index (κ1) is 18.7. The van der Waals surface area contributed by atoms with E-state index in [0.29, 0.717) is 22.9 Å². The van der Waals surface area contributed by atoms with E-state index in [1.54, 1.807) is 18.2 Å². The Labute approximate surface area is 161 Å². The minimum atomic E-state index is -0.416. The highest BCUT2D eigenvalue weighted by atomic mass is 35.5. The predicted molar refractivity (Wildman–Crippen MR) is 102 cm³/mol. The van der Waals surface area contributed by atoms with Crippen molar-refractivity contribution in [2.75, 3.05) is 5.32 Å². The zero-order chi connectivity index (χ0) is 18.8. The molecule has 0 bridgehead atoms. The standard InChI is InChI=1S/C18H20Cl2N4O2/c1-10(2)21-17(25)15-13-8-3-4-9-24(13)16(23-15)18(26)22-12-7-5-6-11(19)14(12)20/h5-7,10H,3-4,8-9H2,1-2H3,(H,21,25)(H,22,26). The molecule has 1 aromatic carbocycles. The lowest BCUT2D eigenvalue weighted by atomic mass is 10.1. The van der Waals surface area contributed by atoms with Gasteiger partial charge in [0.15, 0.2) is 5.82 Å². The van der Waals surface area contributed by atoms with Crippen LogP contribution in [0, 0.1) is 0 Å². The Hall–Kier alpha value is -2.05. The summed E-state index contributed by atoms with van der Waals surface area (Å²) >= 11 is 12.1. The molecule has 2 amide bonds. The molecule has 2 heterocycles. The van der Waals surface area contributed by atoms with E-state index in [2.05, 4.69) is 15.6 Å². The third kappa shape index (κ3) is 3.71. The minimum Gasteiger partial charge on any atom is -0.348 e. The Morgan fingerprint density at radius 3 is 2.69 bits per heavy atom. The topological polar surface area (TPSA) is 76.0 Å². The van der Waals surface area contributed by atoms with Gasteiger partial charge >= 0.3 is 0 Å². The van der Waals surface area contributed by atoms with Crippen molar-refractivity contribution < 1.29 is 9.59 Å². The fraction of sp³-hybridized carbons (Fsp3) is 0.389. The number of fused-ring (bicyclic) bond motifs is 1. The number of carbonyl (C=O) groups is 2. The Kier molecular flexibility index (Phi) is 5.53. The molecule has 0 saturated carbocycles. The number of hydrogen-bond donors (Lipinski definition) is 2. The van der Waals surface area contributed by atoms with Crippen LogP contribution in [0.1, 0.15) is 53.5 Å². The number of amides is 2. The second-order valence-corrected chi connectivity index (χ2v) is 7.31. The van der Waals surface area contributed by atoms with Crippen molar-refractivity contribution in [3.8, 4) is 0 Å². The van der Waals surface area contributed by atoms with Gasteiger partial charge in [0.1, 0.15) is 5.69 Å². The van der Waals surface area contributed by atoms with Crippen LogP contribution in [0.4, 0.5) is 5.69 Å². The summed E-state index contributed by atoms with van der Waals surface area (Å²) in [5.74, 6) is -0.462. The van der Waals surface area contributed by atoms with Gasteiger partial charge in [-0.2, -0.15) is 0 Å². The number of anilines is 1. The second kappa shape index (κ2) is 7.68. The van der Waals surface area contributed by atoms with Crippen molar-refractivity contribution in [3.05, 3.63) is 45.5 Å². The van der Waals surface area contributed by atoms with Crippen LogP contribution in [0.3, 0.4) is 0 Å². The zero-order valence-corrected chi connectivity index (χ0v) is 16.1. The van der Waals surface area contributed by atoms with Gasteiger partial charge in [0, 0.05) is 12.6 Å². The number of benzene rings is 1. The maximum Gasteiger partial charge on any atom is 0.291 e. The number of carbonyl (C=O) groups excluding carboxylic acids is 2. The van der Waals surface area contributed by atoms with Crippen LogP contribution in [-0.2, 0) is 13.0 Å². The molecular formula is C18H20Cl2N4O2. The number of nitrogens with zero attached hydrogens (tertiary/aromatic N) is 2. The Morgan fingerprint density at radius 1 is 1.19 bits per heavy atom. The third-order valence-corrected chi connectivity index (χ3v) is 4.97. The van der Waals surface area contributed by atoms with Crippen molar-refractivity contribution in [2.45, 2.75) is 45.7 Å². The van der Waals surface area contributed by atoms with Gasteiger partial charge in [0.05, 0.1) is 21.4 Å². The van der Waals surface area contributed by atoms with Crippen LogP contribution in [-0.4, -0.2) is 27.4 Å². The molecule has 8 heteroatoms. The van der Waals surface area contributed by atoms with E-state index in [9.17, 15) is 9.59 Å². The van der Waals surface area contributed by atoms with E-state index < -0.39 is 5.91 Å². The molecule has 26 heavy (non-hydrogen) atoms. The van der Waals surface area contributed by atoms with Crippen molar-refractivity contribution in [1.82, 2.24) is 14.9 Å². The second-order valence-electron chi connectivity index (χ2n) is 6.52. The number of imidazole rings is 1. The molecule has 1 aromatic heterocycles. The molecule has 0 aliphatic carbocycles. The van der Waals surface area contributed by atoms with E-state index in [1.807, 2.05) is 18.4 Å². The quantitative estimate of drug-likeness (QED) is 0.824. The number of halogens is 2. The van der Waals surface area contributed by atoms with Crippen molar-refractivity contribution in [3.63, 3.8) is 0 Å². The molecule has 0 saturated heterocycles. The highest BCUT2D eigenvalue weighted by Crippen LogP contribution is 2.30. The largest absolute Gasteiger partial charge is 0.348 e. The van der Waals surface area contributed by atoms with Crippen LogP contribution < -0.4 is 10.6 Å². The molecule has 1 aliphatic rings. The fourth-order valence-corrected chi connectivity index (χ4v) is 3.36. The van der Waals surface area contributed by atoms with Gasteiger partial charge in [-0.3, -0.25) is 9.59 Å². The lowest BCUT2D eigenvalue weighted by Gasteiger charge is -2.17. The monoisotopic (exact) mass is 394 g/mol. The molecular weight excluding hydrogens is 375 g/mol. The highest BCUT2D eigenvalue weighted by molar-refractivity contribution is 6.44. The molecule has 0 radical (unpaired) electrons. The van der Waals surface area contributed by atoms with Crippen LogP contribution in [0.15, 0.2) is 18.2 Å². The van der Waals surface area contributed by atoms with Gasteiger partial charge in [-0.25, -0.2) is 4.98 Å². The van der Waals surface area contributed by atoms with Gasteiger partial charge in [-0.1, -0.05) is 29.3 Å². The van der Waals surface area contributed by atoms with Crippen LogP contribution in [0.5, 0.6) is 0 Å². The maximum absolute atomic E-state index is 12.8. The number of rotatable bonds is 4. The lowest BCUT2D eigenvalue weighted by molar-refractivity contribution is 0.0937. The van der Waals surface area contributed by atoms with Crippen LogP contribution in [0.2, 0.25) is 10.0 Å². The summed E-state index contributed by atoms with van der Waals surface area (Å²) in [5, 5.41) is 6.21. The van der Waals surface area contributed by atoms with Crippen molar-refractivity contribution in [1.29, 1.82) is 0 Å². The zero-order valence-electron chi connectivity index (χ0n) is 14.6. The average Bonchev–Trinajstić information content (AvgIpc) is 2.98. The molecule has 0 fully saturated rings. The molecule has 0 unspecified atom stereocenters. The Bertz CT molecular complexity index is 861. The molecule has 138 valence electrons. The first-order chi connectivity index (χ1) is 12.4. The van der Waals surface area contributed by atoms with Gasteiger partial charge in [-0.15, -0.1) is 0 Å². The van der Waals surface area contributed by atoms with Crippen molar-refractivity contribution >= 4 is 40.7 Å².